The number of amides is 1. The number of hydrogen-bond donors (Lipinski definition) is 1. The van der Waals surface area contributed by atoms with Crippen LogP contribution in [-0.2, 0) is 14.8 Å². The largest absolute Gasteiger partial charge is 0.323 e. The van der Waals surface area contributed by atoms with Crippen molar-refractivity contribution < 1.29 is 13.2 Å². The number of para-hydroxylation sites is 1. The van der Waals surface area contributed by atoms with Crippen molar-refractivity contribution in [3.63, 3.8) is 0 Å². The molecule has 2 rings (SSSR count). The van der Waals surface area contributed by atoms with E-state index in [1.165, 1.54) is 0 Å². The fourth-order valence-corrected chi connectivity index (χ4v) is 3.53. The van der Waals surface area contributed by atoms with Crippen molar-refractivity contribution in [1.82, 2.24) is 0 Å². The summed E-state index contributed by atoms with van der Waals surface area (Å²) in [7, 11) is -3.59. The standard InChI is InChI=1S/C15H14Br2N2O3S/c1-23(21,22)19(12-6-4-5-11(16)9-12)10-15(20)18-14-8-3-2-7-13(14)17/h2-9H,10H2,1H3,(H,18,20). The molecule has 0 saturated heterocycles. The summed E-state index contributed by atoms with van der Waals surface area (Å²) < 4.78 is 26.6. The summed E-state index contributed by atoms with van der Waals surface area (Å²) >= 11 is 6.63. The minimum atomic E-state index is -3.59. The molecule has 2 aromatic carbocycles. The molecular formula is C15H14Br2N2O3S. The smallest absolute Gasteiger partial charge is 0.245 e. The SMILES string of the molecule is CS(=O)(=O)N(CC(=O)Nc1ccccc1Br)c1cccc(Br)c1. The predicted octanol–water partition coefficient (Wildman–Crippen LogP) is 3.62. The molecule has 0 atom stereocenters. The van der Waals surface area contributed by atoms with Gasteiger partial charge in [0.2, 0.25) is 15.9 Å². The molecule has 0 fully saturated rings. The van der Waals surface area contributed by atoms with Crippen molar-refractivity contribution in [2.75, 3.05) is 22.4 Å². The van der Waals surface area contributed by atoms with Crippen LogP contribution in [0.4, 0.5) is 11.4 Å². The first-order valence-electron chi connectivity index (χ1n) is 6.55. The first-order valence-corrected chi connectivity index (χ1v) is 9.98. The number of carbonyl (C=O) groups is 1. The predicted molar refractivity (Wildman–Crippen MR) is 99.1 cm³/mol. The highest BCUT2D eigenvalue weighted by molar-refractivity contribution is 9.10. The molecule has 0 radical (unpaired) electrons. The van der Waals surface area contributed by atoms with Crippen LogP contribution in [0.25, 0.3) is 0 Å². The van der Waals surface area contributed by atoms with Crippen LogP contribution in [0.2, 0.25) is 0 Å². The molecule has 122 valence electrons. The number of carbonyl (C=O) groups excluding carboxylic acids is 1. The Hall–Kier alpha value is -1.38. The molecule has 1 amide bonds. The lowest BCUT2D eigenvalue weighted by Gasteiger charge is -2.22. The minimum Gasteiger partial charge on any atom is -0.323 e. The highest BCUT2D eigenvalue weighted by Crippen LogP contribution is 2.23. The number of sulfonamides is 1. The molecule has 0 aliphatic rings. The van der Waals surface area contributed by atoms with Gasteiger partial charge in [-0.05, 0) is 46.3 Å². The van der Waals surface area contributed by atoms with Crippen LogP contribution in [0.3, 0.4) is 0 Å². The third kappa shape index (κ3) is 5.05. The highest BCUT2D eigenvalue weighted by Gasteiger charge is 2.21. The maximum atomic E-state index is 12.2. The molecule has 0 unspecified atom stereocenters. The van der Waals surface area contributed by atoms with E-state index < -0.39 is 15.9 Å². The van der Waals surface area contributed by atoms with E-state index in [1.807, 2.05) is 6.07 Å². The first kappa shape index (κ1) is 18.0. The maximum Gasteiger partial charge on any atom is 0.245 e. The molecule has 5 nitrogen and oxygen atoms in total. The van der Waals surface area contributed by atoms with E-state index in [2.05, 4.69) is 37.2 Å². The van der Waals surface area contributed by atoms with Gasteiger partial charge in [0, 0.05) is 8.95 Å². The summed E-state index contributed by atoms with van der Waals surface area (Å²) in [4.78, 5) is 12.2. The Balaban J connectivity index is 2.22. The molecule has 0 aromatic heterocycles. The fourth-order valence-electron chi connectivity index (χ4n) is 1.91. The molecule has 0 heterocycles. The van der Waals surface area contributed by atoms with Gasteiger partial charge in [0.05, 0.1) is 17.6 Å². The fraction of sp³-hybridized carbons (Fsp3) is 0.133. The summed E-state index contributed by atoms with van der Waals surface area (Å²) in [5, 5.41) is 2.69. The van der Waals surface area contributed by atoms with Gasteiger partial charge < -0.3 is 5.32 Å². The van der Waals surface area contributed by atoms with E-state index in [-0.39, 0.29) is 6.54 Å². The molecule has 1 N–H and O–H groups in total. The van der Waals surface area contributed by atoms with Crippen molar-refractivity contribution in [2.45, 2.75) is 0 Å². The van der Waals surface area contributed by atoms with Crippen LogP contribution in [0, 0.1) is 0 Å². The third-order valence-corrected chi connectivity index (χ3v) is 5.26. The van der Waals surface area contributed by atoms with E-state index in [1.54, 1.807) is 42.5 Å². The lowest BCUT2D eigenvalue weighted by molar-refractivity contribution is -0.114. The van der Waals surface area contributed by atoms with Gasteiger partial charge in [-0.15, -0.1) is 0 Å². The van der Waals surface area contributed by atoms with Gasteiger partial charge in [-0.3, -0.25) is 9.10 Å². The van der Waals surface area contributed by atoms with Crippen LogP contribution in [0.15, 0.2) is 57.5 Å². The number of hydrogen-bond acceptors (Lipinski definition) is 3. The summed E-state index contributed by atoms with van der Waals surface area (Å²) in [6.07, 6.45) is 1.07. The van der Waals surface area contributed by atoms with Crippen LogP contribution in [-0.4, -0.2) is 27.1 Å². The summed E-state index contributed by atoms with van der Waals surface area (Å²) in [6.45, 7) is -0.309. The Bertz CT molecular complexity index is 825. The monoisotopic (exact) mass is 460 g/mol. The third-order valence-electron chi connectivity index (χ3n) is 2.93. The van der Waals surface area contributed by atoms with Gasteiger partial charge in [0.1, 0.15) is 6.54 Å². The number of anilines is 2. The van der Waals surface area contributed by atoms with Gasteiger partial charge >= 0.3 is 0 Å². The number of halogens is 2. The quantitative estimate of drug-likeness (QED) is 0.739. The molecule has 0 aliphatic heterocycles. The van der Waals surface area contributed by atoms with Crippen molar-refractivity contribution in [1.29, 1.82) is 0 Å². The average molecular weight is 462 g/mol. The topological polar surface area (TPSA) is 66.5 Å². The average Bonchev–Trinajstić information content (AvgIpc) is 2.46. The van der Waals surface area contributed by atoms with E-state index in [0.29, 0.717) is 11.4 Å². The number of rotatable bonds is 5. The minimum absolute atomic E-state index is 0.309. The molecule has 0 bridgehead atoms. The van der Waals surface area contributed by atoms with Crippen LogP contribution < -0.4 is 9.62 Å². The Labute approximate surface area is 152 Å². The van der Waals surface area contributed by atoms with Gasteiger partial charge in [-0.1, -0.05) is 34.1 Å². The highest BCUT2D eigenvalue weighted by atomic mass is 79.9. The Morgan fingerprint density at radius 2 is 1.83 bits per heavy atom. The Morgan fingerprint density at radius 1 is 1.13 bits per heavy atom. The van der Waals surface area contributed by atoms with Gasteiger partial charge in [0.25, 0.3) is 0 Å². The second-order valence-corrected chi connectivity index (χ2v) is 8.45. The van der Waals surface area contributed by atoms with Crippen LogP contribution in [0.5, 0.6) is 0 Å². The van der Waals surface area contributed by atoms with Gasteiger partial charge in [-0.2, -0.15) is 0 Å². The van der Waals surface area contributed by atoms with Gasteiger partial charge in [0.15, 0.2) is 0 Å². The number of nitrogens with zero attached hydrogens (tertiary/aromatic N) is 1. The second kappa shape index (κ2) is 7.46. The lowest BCUT2D eigenvalue weighted by atomic mass is 10.3. The zero-order valence-electron chi connectivity index (χ0n) is 12.2. The maximum absolute atomic E-state index is 12.2. The summed E-state index contributed by atoms with van der Waals surface area (Å²) in [5.41, 5.74) is 1.00. The normalized spacial score (nSPS) is 11.1. The molecule has 8 heteroatoms. The van der Waals surface area contributed by atoms with Crippen molar-refractivity contribution >= 4 is 59.2 Å². The Morgan fingerprint density at radius 3 is 2.43 bits per heavy atom. The van der Waals surface area contributed by atoms with Crippen LogP contribution >= 0.6 is 31.9 Å². The molecule has 0 spiro atoms. The van der Waals surface area contributed by atoms with E-state index >= 15 is 0 Å². The van der Waals surface area contributed by atoms with E-state index in [9.17, 15) is 13.2 Å². The molecule has 2 aromatic rings. The van der Waals surface area contributed by atoms with Crippen molar-refractivity contribution in [3.8, 4) is 0 Å². The number of nitrogens with one attached hydrogen (secondary N) is 1. The lowest BCUT2D eigenvalue weighted by Crippen LogP contribution is -2.37. The zero-order valence-corrected chi connectivity index (χ0v) is 16.2. The van der Waals surface area contributed by atoms with Crippen molar-refractivity contribution in [2.24, 2.45) is 0 Å². The van der Waals surface area contributed by atoms with E-state index in [4.69, 9.17) is 0 Å². The first-order chi connectivity index (χ1) is 10.8. The number of benzene rings is 2. The Kier molecular flexibility index (Phi) is 5.83. The van der Waals surface area contributed by atoms with Crippen LogP contribution in [0.1, 0.15) is 0 Å². The molecule has 0 saturated carbocycles. The second-order valence-electron chi connectivity index (χ2n) is 4.78. The zero-order chi connectivity index (χ0) is 17.0. The summed E-state index contributed by atoms with van der Waals surface area (Å²) in [5.74, 6) is -0.428. The summed E-state index contributed by atoms with van der Waals surface area (Å²) in [6, 6.07) is 13.9. The van der Waals surface area contributed by atoms with Crippen molar-refractivity contribution in [3.05, 3.63) is 57.5 Å². The molecule has 23 heavy (non-hydrogen) atoms. The van der Waals surface area contributed by atoms with E-state index in [0.717, 1.165) is 19.5 Å². The molecule has 0 aliphatic carbocycles. The molecular weight excluding hydrogens is 448 g/mol. The van der Waals surface area contributed by atoms with Gasteiger partial charge in [-0.25, -0.2) is 8.42 Å².